The molecule has 0 aliphatic carbocycles. The van der Waals surface area contributed by atoms with Crippen molar-refractivity contribution in [1.29, 1.82) is 0 Å². The lowest BCUT2D eigenvalue weighted by molar-refractivity contribution is -0.274. The molecule has 150 valence electrons. The minimum atomic E-state index is -4.70. The second-order valence-corrected chi connectivity index (χ2v) is 6.08. The zero-order valence-corrected chi connectivity index (χ0v) is 15.0. The van der Waals surface area contributed by atoms with E-state index in [2.05, 4.69) is 15.0 Å². The van der Waals surface area contributed by atoms with Crippen LogP contribution in [-0.2, 0) is 13.1 Å². The van der Waals surface area contributed by atoms with E-state index in [0.717, 1.165) is 17.5 Å². The highest BCUT2D eigenvalue weighted by atomic mass is 19.4. The monoisotopic (exact) mass is 395 g/mol. The first-order valence-electron chi connectivity index (χ1n) is 8.66. The van der Waals surface area contributed by atoms with Gasteiger partial charge in [0.05, 0.1) is 19.8 Å². The first-order valence-corrected chi connectivity index (χ1v) is 8.66. The molecule has 28 heavy (non-hydrogen) atoms. The van der Waals surface area contributed by atoms with Gasteiger partial charge in [0, 0.05) is 13.0 Å². The summed E-state index contributed by atoms with van der Waals surface area (Å²) < 4.78 is 51.5. The number of nitrogens with zero attached hydrogens (tertiary/aromatic N) is 1. The van der Waals surface area contributed by atoms with Gasteiger partial charge < -0.3 is 25.3 Å². The smallest absolute Gasteiger partial charge is 0.490 e. The van der Waals surface area contributed by atoms with Crippen molar-refractivity contribution in [3.05, 3.63) is 53.6 Å². The molecule has 0 saturated heterocycles. The van der Waals surface area contributed by atoms with Gasteiger partial charge in [-0.25, -0.2) is 4.99 Å². The zero-order valence-electron chi connectivity index (χ0n) is 15.0. The SMILES string of the molecule is NC(=NCc1ccc2c(c1)OCCCO2)NCc1ccc(OC(F)(F)F)cc1. The minimum Gasteiger partial charge on any atom is -0.490 e. The van der Waals surface area contributed by atoms with Crippen LogP contribution in [0.25, 0.3) is 0 Å². The van der Waals surface area contributed by atoms with Crippen molar-refractivity contribution < 1.29 is 27.4 Å². The van der Waals surface area contributed by atoms with Crippen LogP contribution >= 0.6 is 0 Å². The Labute approximate surface area is 160 Å². The number of hydrogen-bond acceptors (Lipinski definition) is 4. The van der Waals surface area contributed by atoms with Gasteiger partial charge in [-0.15, -0.1) is 13.2 Å². The highest BCUT2D eigenvalue weighted by Crippen LogP contribution is 2.30. The molecule has 3 N–H and O–H groups in total. The number of guanidine groups is 1. The Morgan fingerprint density at radius 2 is 1.71 bits per heavy atom. The fraction of sp³-hybridized carbons (Fsp3) is 0.316. The Hall–Kier alpha value is -3.10. The number of aliphatic imine (C=N–C) groups is 1. The molecular weight excluding hydrogens is 375 g/mol. The Bertz CT molecular complexity index is 823. The van der Waals surface area contributed by atoms with Crippen LogP contribution in [0.2, 0.25) is 0 Å². The van der Waals surface area contributed by atoms with E-state index in [-0.39, 0.29) is 11.7 Å². The Kier molecular flexibility index (Phi) is 6.13. The maximum Gasteiger partial charge on any atom is 0.573 e. The van der Waals surface area contributed by atoms with Crippen molar-refractivity contribution in [2.75, 3.05) is 13.2 Å². The van der Waals surface area contributed by atoms with Gasteiger partial charge in [-0.05, 0) is 35.4 Å². The Balaban J connectivity index is 1.51. The lowest BCUT2D eigenvalue weighted by Gasteiger charge is -2.10. The summed E-state index contributed by atoms with van der Waals surface area (Å²) in [6.07, 6.45) is -3.87. The van der Waals surface area contributed by atoms with E-state index in [9.17, 15) is 13.2 Å². The van der Waals surface area contributed by atoms with Crippen LogP contribution in [0, 0.1) is 0 Å². The molecule has 1 heterocycles. The molecule has 0 unspecified atom stereocenters. The average Bonchev–Trinajstić information content (AvgIpc) is 2.89. The number of benzene rings is 2. The van der Waals surface area contributed by atoms with Crippen molar-refractivity contribution in [2.45, 2.75) is 25.9 Å². The average molecular weight is 395 g/mol. The van der Waals surface area contributed by atoms with E-state index in [1.54, 1.807) is 0 Å². The number of fused-ring (bicyclic) bond motifs is 1. The first kappa shape index (κ1) is 19.7. The number of alkyl halides is 3. The van der Waals surface area contributed by atoms with E-state index in [4.69, 9.17) is 15.2 Å². The predicted octanol–water partition coefficient (Wildman–Crippen LogP) is 3.35. The summed E-state index contributed by atoms with van der Waals surface area (Å²) in [5, 5.41) is 2.92. The molecule has 1 aliphatic rings. The molecule has 0 spiro atoms. The molecular formula is C19H20F3N3O3. The molecule has 0 amide bonds. The molecule has 3 rings (SSSR count). The summed E-state index contributed by atoms with van der Waals surface area (Å²) in [6.45, 7) is 1.91. The van der Waals surface area contributed by atoms with Crippen molar-refractivity contribution in [3.63, 3.8) is 0 Å². The Morgan fingerprint density at radius 3 is 2.43 bits per heavy atom. The first-order chi connectivity index (χ1) is 13.4. The van der Waals surface area contributed by atoms with Gasteiger partial charge >= 0.3 is 6.36 Å². The van der Waals surface area contributed by atoms with Gasteiger partial charge in [0.15, 0.2) is 17.5 Å². The second kappa shape index (κ2) is 8.73. The maximum atomic E-state index is 12.2. The van der Waals surface area contributed by atoms with Crippen molar-refractivity contribution in [3.8, 4) is 17.2 Å². The van der Waals surface area contributed by atoms with Crippen molar-refractivity contribution in [2.24, 2.45) is 10.7 Å². The topological polar surface area (TPSA) is 78.1 Å². The molecule has 2 aromatic carbocycles. The van der Waals surface area contributed by atoms with Crippen LogP contribution in [0.15, 0.2) is 47.5 Å². The fourth-order valence-electron chi connectivity index (χ4n) is 2.54. The molecule has 0 bridgehead atoms. The van der Waals surface area contributed by atoms with Crippen LogP contribution in [-0.4, -0.2) is 25.5 Å². The molecule has 0 fully saturated rings. The lowest BCUT2D eigenvalue weighted by atomic mass is 10.2. The van der Waals surface area contributed by atoms with E-state index >= 15 is 0 Å². The van der Waals surface area contributed by atoms with E-state index in [1.165, 1.54) is 24.3 Å². The highest BCUT2D eigenvalue weighted by Gasteiger charge is 2.30. The highest BCUT2D eigenvalue weighted by molar-refractivity contribution is 5.77. The number of hydrogen-bond donors (Lipinski definition) is 2. The summed E-state index contributed by atoms with van der Waals surface area (Å²) in [6, 6.07) is 11.1. The molecule has 0 aromatic heterocycles. The van der Waals surface area contributed by atoms with Gasteiger partial charge in [0.2, 0.25) is 0 Å². The minimum absolute atomic E-state index is 0.225. The standard InChI is InChI=1S/C19H20F3N3O3/c20-19(21,22)28-15-5-2-13(3-6-15)11-24-18(23)25-12-14-4-7-16-17(10-14)27-9-1-8-26-16/h2-7,10H,1,8-9,11-12H2,(H3,23,24,25). The predicted molar refractivity (Wildman–Crippen MR) is 97.3 cm³/mol. The van der Waals surface area contributed by atoms with Crippen LogP contribution in [0.4, 0.5) is 13.2 Å². The second-order valence-electron chi connectivity index (χ2n) is 6.08. The Morgan fingerprint density at radius 1 is 1.04 bits per heavy atom. The third kappa shape index (κ3) is 5.97. The molecule has 1 aliphatic heterocycles. The third-order valence-electron chi connectivity index (χ3n) is 3.87. The molecule has 9 heteroatoms. The summed E-state index contributed by atoms with van der Waals surface area (Å²) in [7, 11) is 0. The van der Waals surface area contributed by atoms with Gasteiger partial charge in [-0.3, -0.25) is 0 Å². The molecule has 6 nitrogen and oxygen atoms in total. The number of rotatable bonds is 5. The molecule has 0 saturated carbocycles. The third-order valence-corrected chi connectivity index (χ3v) is 3.87. The number of nitrogens with one attached hydrogen (secondary N) is 1. The van der Waals surface area contributed by atoms with Crippen LogP contribution in [0.5, 0.6) is 17.2 Å². The van der Waals surface area contributed by atoms with Gasteiger partial charge in [0.1, 0.15) is 5.75 Å². The summed E-state index contributed by atoms with van der Waals surface area (Å²) in [5.41, 5.74) is 7.51. The fourth-order valence-corrected chi connectivity index (χ4v) is 2.54. The van der Waals surface area contributed by atoms with Gasteiger partial charge in [-0.2, -0.15) is 0 Å². The normalized spacial score (nSPS) is 14.3. The lowest BCUT2D eigenvalue weighted by Crippen LogP contribution is -2.31. The van der Waals surface area contributed by atoms with Crippen LogP contribution in [0.1, 0.15) is 17.5 Å². The number of halogens is 3. The summed E-state index contributed by atoms with van der Waals surface area (Å²) in [4.78, 5) is 4.26. The zero-order chi connectivity index (χ0) is 20.0. The quantitative estimate of drug-likeness (QED) is 0.600. The van der Waals surface area contributed by atoms with Crippen LogP contribution < -0.4 is 25.3 Å². The number of nitrogens with two attached hydrogens (primary N) is 1. The van der Waals surface area contributed by atoms with Crippen LogP contribution in [0.3, 0.4) is 0 Å². The van der Waals surface area contributed by atoms with Gasteiger partial charge in [-0.1, -0.05) is 18.2 Å². The van der Waals surface area contributed by atoms with Crippen molar-refractivity contribution >= 4 is 5.96 Å². The molecule has 2 aromatic rings. The summed E-state index contributed by atoms with van der Waals surface area (Å²) >= 11 is 0. The van der Waals surface area contributed by atoms with Gasteiger partial charge in [0.25, 0.3) is 0 Å². The maximum absolute atomic E-state index is 12.2. The molecule has 0 radical (unpaired) electrons. The molecule has 0 atom stereocenters. The van der Waals surface area contributed by atoms with E-state index in [1.807, 2.05) is 18.2 Å². The number of ether oxygens (including phenoxy) is 3. The van der Waals surface area contributed by atoms with E-state index in [0.29, 0.717) is 37.8 Å². The largest absolute Gasteiger partial charge is 0.573 e. The summed E-state index contributed by atoms with van der Waals surface area (Å²) in [5.74, 6) is 1.36. The van der Waals surface area contributed by atoms with E-state index < -0.39 is 6.36 Å². The van der Waals surface area contributed by atoms with Crippen molar-refractivity contribution in [1.82, 2.24) is 5.32 Å².